The maximum absolute atomic E-state index is 12.7. The van der Waals surface area contributed by atoms with E-state index in [0.717, 1.165) is 32.3 Å². The number of fused-ring (bicyclic) bond motifs is 1. The largest absolute Gasteiger partial charge is 0.490 e. The fourth-order valence-electron chi connectivity index (χ4n) is 3.78. The number of aliphatic carboxylic acids is 1. The highest BCUT2D eigenvalue weighted by Crippen LogP contribution is 2.35. The first-order valence-corrected chi connectivity index (χ1v) is 9.12. The Kier molecular flexibility index (Phi) is 5.98. The molecule has 1 amide bonds. The number of ether oxygens (including phenoxy) is 3. The molecule has 3 atom stereocenters. The van der Waals surface area contributed by atoms with E-state index >= 15 is 0 Å². The molecule has 2 N–H and O–H groups in total. The van der Waals surface area contributed by atoms with Gasteiger partial charge in [-0.05, 0) is 50.8 Å². The van der Waals surface area contributed by atoms with Gasteiger partial charge in [0.15, 0.2) is 18.1 Å². The predicted molar refractivity (Wildman–Crippen MR) is 93.7 cm³/mol. The van der Waals surface area contributed by atoms with Crippen LogP contribution in [0.4, 0.5) is 0 Å². The van der Waals surface area contributed by atoms with E-state index in [0.29, 0.717) is 29.6 Å². The van der Waals surface area contributed by atoms with Crippen molar-refractivity contribution in [2.24, 2.45) is 5.92 Å². The molecule has 1 heterocycles. The molecule has 1 aliphatic heterocycles. The van der Waals surface area contributed by atoms with E-state index in [2.05, 4.69) is 5.32 Å². The van der Waals surface area contributed by atoms with Crippen LogP contribution in [0.25, 0.3) is 0 Å². The van der Waals surface area contributed by atoms with E-state index in [1.54, 1.807) is 18.2 Å². The molecule has 1 saturated heterocycles. The molecule has 1 aliphatic carbocycles. The SMILES string of the molecule is CCOc1cc(C(=O)NC2CCCC3OCCC23)ccc1OCC(=O)O. The highest BCUT2D eigenvalue weighted by molar-refractivity contribution is 5.95. The summed E-state index contributed by atoms with van der Waals surface area (Å²) in [6.45, 7) is 2.51. The van der Waals surface area contributed by atoms with Crippen LogP contribution in [0.2, 0.25) is 0 Å². The van der Waals surface area contributed by atoms with Crippen LogP contribution >= 0.6 is 0 Å². The molecule has 0 spiro atoms. The minimum absolute atomic E-state index is 0.127. The predicted octanol–water partition coefficient (Wildman–Crippen LogP) is 2.24. The normalized spacial score (nSPS) is 24.6. The van der Waals surface area contributed by atoms with Gasteiger partial charge in [-0.1, -0.05) is 0 Å². The molecule has 0 aromatic heterocycles. The molecule has 1 saturated carbocycles. The zero-order valence-corrected chi connectivity index (χ0v) is 14.9. The van der Waals surface area contributed by atoms with Crippen molar-refractivity contribution in [1.82, 2.24) is 5.32 Å². The van der Waals surface area contributed by atoms with Gasteiger partial charge in [-0.15, -0.1) is 0 Å². The summed E-state index contributed by atoms with van der Waals surface area (Å²) in [6.07, 6.45) is 4.34. The van der Waals surface area contributed by atoms with Gasteiger partial charge >= 0.3 is 5.97 Å². The van der Waals surface area contributed by atoms with Gasteiger partial charge in [-0.3, -0.25) is 4.79 Å². The Hall–Kier alpha value is -2.28. The fourth-order valence-corrected chi connectivity index (χ4v) is 3.78. The second-order valence-electron chi connectivity index (χ2n) is 6.65. The van der Waals surface area contributed by atoms with Crippen molar-refractivity contribution in [3.63, 3.8) is 0 Å². The van der Waals surface area contributed by atoms with Gasteiger partial charge in [-0.25, -0.2) is 4.79 Å². The molecule has 0 radical (unpaired) electrons. The third-order valence-corrected chi connectivity index (χ3v) is 4.95. The van der Waals surface area contributed by atoms with Crippen molar-refractivity contribution >= 4 is 11.9 Å². The van der Waals surface area contributed by atoms with Crippen LogP contribution in [0.5, 0.6) is 11.5 Å². The molecule has 2 aliphatic rings. The van der Waals surface area contributed by atoms with Gasteiger partial charge in [0.05, 0.1) is 12.7 Å². The number of nitrogens with one attached hydrogen (secondary N) is 1. The number of carbonyl (C=O) groups is 2. The summed E-state index contributed by atoms with van der Waals surface area (Å²) >= 11 is 0. The monoisotopic (exact) mass is 363 g/mol. The molecule has 1 aromatic rings. The summed E-state index contributed by atoms with van der Waals surface area (Å²) in [6, 6.07) is 4.93. The third kappa shape index (κ3) is 4.27. The maximum atomic E-state index is 12.7. The fraction of sp³-hybridized carbons (Fsp3) is 0.579. The van der Waals surface area contributed by atoms with Crippen LogP contribution in [-0.4, -0.2) is 48.9 Å². The number of hydrogen-bond donors (Lipinski definition) is 2. The summed E-state index contributed by atoms with van der Waals surface area (Å²) in [7, 11) is 0. The number of carboxylic acids is 1. The highest BCUT2D eigenvalue weighted by atomic mass is 16.5. The zero-order chi connectivity index (χ0) is 18.5. The molecule has 0 bridgehead atoms. The number of hydrogen-bond acceptors (Lipinski definition) is 5. The summed E-state index contributed by atoms with van der Waals surface area (Å²) in [5, 5.41) is 11.9. The lowest BCUT2D eigenvalue weighted by Crippen LogP contribution is -2.45. The summed E-state index contributed by atoms with van der Waals surface area (Å²) in [5.41, 5.74) is 0.470. The zero-order valence-electron chi connectivity index (χ0n) is 14.9. The van der Waals surface area contributed by atoms with E-state index in [-0.39, 0.29) is 18.1 Å². The van der Waals surface area contributed by atoms with E-state index in [9.17, 15) is 9.59 Å². The number of rotatable bonds is 7. The number of benzene rings is 1. The second-order valence-corrected chi connectivity index (χ2v) is 6.65. The molecular weight excluding hydrogens is 338 g/mol. The van der Waals surface area contributed by atoms with Crippen LogP contribution in [-0.2, 0) is 9.53 Å². The average molecular weight is 363 g/mol. The highest BCUT2D eigenvalue weighted by Gasteiger charge is 2.38. The smallest absolute Gasteiger partial charge is 0.341 e. The molecule has 1 aromatic carbocycles. The Morgan fingerprint density at radius 3 is 2.85 bits per heavy atom. The molecule has 7 nitrogen and oxygen atoms in total. The van der Waals surface area contributed by atoms with Crippen molar-refractivity contribution < 1.29 is 28.9 Å². The molecule has 142 valence electrons. The van der Waals surface area contributed by atoms with Crippen LogP contribution < -0.4 is 14.8 Å². The van der Waals surface area contributed by atoms with E-state index in [4.69, 9.17) is 19.3 Å². The first kappa shape index (κ1) is 18.5. The van der Waals surface area contributed by atoms with E-state index in [1.165, 1.54) is 0 Å². The average Bonchev–Trinajstić information content (AvgIpc) is 3.10. The van der Waals surface area contributed by atoms with Gasteiger partial charge < -0.3 is 24.6 Å². The Morgan fingerprint density at radius 2 is 2.08 bits per heavy atom. The summed E-state index contributed by atoms with van der Waals surface area (Å²) < 4.78 is 16.5. The minimum Gasteiger partial charge on any atom is -0.490 e. The van der Waals surface area contributed by atoms with Gasteiger partial charge in [0.2, 0.25) is 0 Å². The van der Waals surface area contributed by atoms with Gasteiger partial charge in [0.25, 0.3) is 5.91 Å². The Bertz CT molecular complexity index is 661. The number of carboxylic acid groups (broad SMARTS) is 1. The number of amides is 1. The molecule has 2 fully saturated rings. The molecule has 3 rings (SSSR count). The lowest BCUT2D eigenvalue weighted by molar-refractivity contribution is -0.139. The third-order valence-electron chi connectivity index (χ3n) is 4.95. The van der Waals surface area contributed by atoms with E-state index < -0.39 is 12.6 Å². The van der Waals surface area contributed by atoms with E-state index in [1.807, 2.05) is 6.92 Å². The van der Waals surface area contributed by atoms with Crippen molar-refractivity contribution in [3.8, 4) is 11.5 Å². The molecule has 26 heavy (non-hydrogen) atoms. The van der Waals surface area contributed by atoms with Crippen molar-refractivity contribution in [1.29, 1.82) is 0 Å². The lowest BCUT2D eigenvalue weighted by Gasteiger charge is -2.33. The lowest BCUT2D eigenvalue weighted by atomic mass is 9.81. The summed E-state index contributed by atoms with van der Waals surface area (Å²) in [4.78, 5) is 23.4. The topological polar surface area (TPSA) is 94.1 Å². The first-order chi connectivity index (χ1) is 12.6. The van der Waals surface area contributed by atoms with Gasteiger partial charge in [0.1, 0.15) is 0 Å². The quantitative estimate of drug-likeness (QED) is 0.772. The van der Waals surface area contributed by atoms with Crippen LogP contribution in [0.1, 0.15) is 43.0 Å². The van der Waals surface area contributed by atoms with Gasteiger partial charge in [0, 0.05) is 24.1 Å². The molecule has 3 unspecified atom stereocenters. The Balaban J connectivity index is 1.70. The van der Waals surface area contributed by atoms with Crippen LogP contribution in [0.3, 0.4) is 0 Å². The standard InChI is InChI=1S/C19H25NO6/c1-2-24-17-10-12(6-7-16(17)26-11-18(21)22)19(23)20-14-4-3-5-15-13(14)8-9-25-15/h6-7,10,13-15H,2-5,8-9,11H2,1H3,(H,20,23)(H,21,22). The van der Waals surface area contributed by atoms with Gasteiger partial charge in [-0.2, -0.15) is 0 Å². The molecule has 7 heteroatoms. The first-order valence-electron chi connectivity index (χ1n) is 9.12. The minimum atomic E-state index is -1.07. The number of carbonyl (C=O) groups excluding carboxylic acids is 1. The Labute approximate surface area is 152 Å². The Morgan fingerprint density at radius 1 is 1.23 bits per heavy atom. The van der Waals surface area contributed by atoms with Crippen LogP contribution in [0, 0.1) is 5.92 Å². The molecular formula is C19H25NO6. The van der Waals surface area contributed by atoms with Crippen molar-refractivity contribution in [2.75, 3.05) is 19.8 Å². The second kappa shape index (κ2) is 8.40. The van der Waals surface area contributed by atoms with Crippen molar-refractivity contribution in [2.45, 2.75) is 44.8 Å². The summed E-state index contributed by atoms with van der Waals surface area (Å²) in [5.74, 6) is -0.162. The van der Waals surface area contributed by atoms with Crippen LogP contribution in [0.15, 0.2) is 18.2 Å². The van der Waals surface area contributed by atoms with Crippen molar-refractivity contribution in [3.05, 3.63) is 23.8 Å². The maximum Gasteiger partial charge on any atom is 0.341 e.